The van der Waals surface area contributed by atoms with Gasteiger partial charge < -0.3 is 10.4 Å². The molecule has 1 aromatic carbocycles. The summed E-state index contributed by atoms with van der Waals surface area (Å²) in [6, 6.07) is 8.57. The Morgan fingerprint density at radius 3 is 3.00 bits per heavy atom. The minimum atomic E-state index is 0.278. The first-order valence-corrected chi connectivity index (χ1v) is 9.70. The molecule has 2 heterocycles. The van der Waals surface area contributed by atoms with E-state index in [4.69, 9.17) is 5.26 Å². The summed E-state index contributed by atoms with van der Waals surface area (Å²) in [7, 11) is 0. The average Bonchev–Trinajstić information content (AvgIpc) is 3.13. The van der Waals surface area contributed by atoms with Crippen LogP contribution in [0.4, 0.5) is 5.82 Å². The Morgan fingerprint density at radius 1 is 1.30 bits per heavy atom. The normalized spacial score (nSPS) is 19.5. The molecule has 6 nitrogen and oxygen atoms in total. The van der Waals surface area contributed by atoms with Gasteiger partial charge in [0.2, 0.25) is 0 Å². The van der Waals surface area contributed by atoms with Crippen LogP contribution in [0.15, 0.2) is 18.2 Å². The Morgan fingerprint density at radius 2 is 2.19 bits per heavy atom. The van der Waals surface area contributed by atoms with Crippen LogP contribution in [0.5, 0.6) is 5.75 Å². The van der Waals surface area contributed by atoms with Gasteiger partial charge in [-0.15, -0.1) is 10.2 Å². The molecule has 1 saturated heterocycles. The van der Waals surface area contributed by atoms with Gasteiger partial charge in [-0.3, -0.25) is 4.90 Å². The summed E-state index contributed by atoms with van der Waals surface area (Å²) in [5, 5.41) is 31.8. The number of aromatic nitrogens is 2. The SMILES string of the molecule is Cc1cc(NC2CCCN(CC#N)C2)nnc1-c1ccc2c(c1O)CCC2. The standard InChI is InChI=1S/C21H25N5O/c1-14-12-19(23-16-5-3-10-26(13-16)11-9-22)24-25-20(14)18-8-7-15-4-2-6-17(15)21(18)27/h7-8,12,16,27H,2-6,10-11,13H2,1H3,(H,23,24). The number of likely N-dealkylation sites (tertiary alicyclic amines) is 1. The van der Waals surface area contributed by atoms with Crippen molar-refractivity contribution in [2.24, 2.45) is 0 Å². The molecule has 2 aliphatic rings. The van der Waals surface area contributed by atoms with E-state index in [0.29, 0.717) is 12.3 Å². The molecule has 1 unspecified atom stereocenters. The molecule has 27 heavy (non-hydrogen) atoms. The molecule has 0 spiro atoms. The summed E-state index contributed by atoms with van der Waals surface area (Å²) in [5.74, 6) is 1.11. The van der Waals surface area contributed by atoms with Gasteiger partial charge in [-0.05, 0) is 74.4 Å². The molecule has 1 fully saturated rings. The topological polar surface area (TPSA) is 85.1 Å². The summed E-state index contributed by atoms with van der Waals surface area (Å²) in [4.78, 5) is 2.17. The van der Waals surface area contributed by atoms with Gasteiger partial charge in [-0.1, -0.05) is 6.07 Å². The summed E-state index contributed by atoms with van der Waals surface area (Å²) >= 11 is 0. The maximum Gasteiger partial charge on any atom is 0.149 e. The molecule has 4 rings (SSSR count). The predicted molar refractivity (Wildman–Crippen MR) is 105 cm³/mol. The fraction of sp³-hybridized carbons (Fsp3) is 0.476. The summed E-state index contributed by atoms with van der Waals surface area (Å²) in [6.45, 7) is 4.30. The molecular formula is C21H25N5O. The number of hydrogen-bond acceptors (Lipinski definition) is 6. The maximum absolute atomic E-state index is 10.7. The van der Waals surface area contributed by atoms with Gasteiger partial charge in [0, 0.05) is 18.2 Å². The number of piperidine rings is 1. The zero-order chi connectivity index (χ0) is 18.8. The number of fused-ring (bicyclic) bond motifs is 1. The molecular weight excluding hydrogens is 338 g/mol. The fourth-order valence-corrected chi connectivity index (χ4v) is 4.29. The summed E-state index contributed by atoms with van der Waals surface area (Å²) < 4.78 is 0. The second kappa shape index (κ2) is 7.53. The molecule has 6 heteroatoms. The lowest BCUT2D eigenvalue weighted by Gasteiger charge is -2.31. The molecule has 140 valence electrons. The second-order valence-electron chi connectivity index (χ2n) is 7.59. The van der Waals surface area contributed by atoms with Crippen molar-refractivity contribution in [3.8, 4) is 23.1 Å². The Bertz CT molecular complexity index is 889. The van der Waals surface area contributed by atoms with Crippen molar-refractivity contribution in [2.45, 2.75) is 45.1 Å². The number of phenols is 1. The van der Waals surface area contributed by atoms with Crippen molar-refractivity contribution in [1.82, 2.24) is 15.1 Å². The van der Waals surface area contributed by atoms with E-state index in [1.165, 1.54) is 5.56 Å². The number of benzene rings is 1. The Hall–Kier alpha value is -2.65. The molecule has 0 radical (unpaired) electrons. The Kier molecular flexibility index (Phi) is 4.95. The van der Waals surface area contributed by atoms with E-state index in [9.17, 15) is 5.11 Å². The highest BCUT2D eigenvalue weighted by atomic mass is 16.3. The Labute approximate surface area is 159 Å². The zero-order valence-electron chi connectivity index (χ0n) is 15.7. The average molecular weight is 363 g/mol. The van der Waals surface area contributed by atoms with Crippen LogP contribution in [0.1, 0.15) is 36.0 Å². The molecule has 2 N–H and O–H groups in total. The van der Waals surface area contributed by atoms with Crippen molar-refractivity contribution >= 4 is 5.82 Å². The number of nitriles is 1. The lowest BCUT2D eigenvalue weighted by Crippen LogP contribution is -2.42. The van der Waals surface area contributed by atoms with Gasteiger partial charge in [-0.2, -0.15) is 5.26 Å². The van der Waals surface area contributed by atoms with Gasteiger partial charge in [0.15, 0.2) is 0 Å². The van der Waals surface area contributed by atoms with Gasteiger partial charge in [0.05, 0.1) is 18.3 Å². The molecule has 1 aliphatic heterocycles. The van der Waals surface area contributed by atoms with E-state index < -0.39 is 0 Å². The van der Waals surface area contributed by atoms with Crippen LogP contribution in [0.3, 0.4) is 0 Å². The number of phenolic OH excluding ortho intramolecular Hbond substituents is 1. The van der Waals surface area contributed by atoms with Crippen LogP contribution in [-0.2, 0) is 12.8 Å². The van der Waals surface area contributed by atoms with E-state index in [1.807, 2.05) is 19.1 Å². The van der Waals surface area contributed by atoms with Crippen molar-refractivity contribution in [3.05, 3.63) is 34.9 Å². The fourth-order valence-electron chi connectivity index (χ4n) is 4.29. The first-order valence-electron chi connectivity index (χ1n) is 9.70. The minimum absolute atomic E-state index is 0.278. The van der Waals surface area contributed by atoms with E-state index in [1.54, 1.807) is 0 Å². The van der Waals surface area contributed by atoms with E-state index in [2.05, 4.69) is 32.5 Å². The van der Waals surface area contributed by atoms with Gasteiger partial charge in [-0.25, -0.2) is 0 Å². The number of aryl methyl sites for hydroxylation is 2. The molecule has 0 amide bonds. The third-order valence-corrected chi connectivity index (χ3v) is 5.64. The third kappa shape index (κ3) is 3.60. The molecule has 1 aromatic heterocycles. The van der Waals surface area contributed by atoms with Crippen molar-refractivity contribution < 1.29 is 5.11 Å². The lowest BCUT2D eigenvalue weighted by molar-refractivity contribution is 0.239. The largest absolute Gasteiger partial charge is 0.507 e. The van der Waals surface area contributed by atoms with Crippen LogP contribution in [0.2, 0.25) is 0 Å². The van der Waals surface area contributed by atoms with Crippen LogP contribution in [0.25, 0.3) is 11.3 Å². The summed E-state index contributed by atoms with van der Waals surface area (Å²) in [5.41, 5.74) is 4.81. The zero-order valence-corrected chi connectivity index (χ0v) is 15.7. The third-order valence-electron chi connectivity index (χ3n) is 5.64. The molecule has 1 atom stereocenters. The molecule has 0 bridgehead atoms. The van der Waals surface area contributed by atoms with Crippen molar-refractivity contribution in [2.75, 3.05) is 25.0 Å². The number of nitrogens with one attached hydrogen (secondary N) is 1. The Balaban J connectivity index is 1.53. The van der Waals surface area contributed by atoms with Crippen molar-refractivity contribution in [3.63, 3.8) is 0 Å². The quantitative estimate of drug-likeness (QED) is 0.812. The number of aromatic hydroxyl groups is 1. The number of rotatable bonds is 4. The molecule has 2 aromatic rings. The van der Waals surface area contributed by atoms with Crippen LogP contribution >= 0.6 is 0 Å². The highest BCUT2D eigenvalue weighted by Gasteiger charge is 2.22. The summed E-state index contributed by atoms with van der Waals surface area (Å²) in [6.07, 6.45) is 5.22. The van der Waals surface area contributed by atoms with Crippen LogP contribution in [0, 0.1) is 18.3 Å². The van der Waals surface area contributed by atoms with E-state index in [-0.39, 0.29) is 6.04 Å². The van der Waals surface area contributed by atoms with Gasteiger partial charge >= 0.3 is 0 Å². The number of nitrogens with zero attached hydrogens (tertiary/aromatic N) is 4. The number of anilines is 1. The highest BCUT2D eigenvalue weighted by molar-refractivity contribution is 5.73. The lowest BCUT2D eigenvalue weighted by atomic mass is 10.00. The monoisotopic (exact) mass is 363 g/mol. The van der Waals surface area contributed by atoms with Gasteiger partial charge in [0.1, 0.15) is 11.6 Å². The highest BCUT2D eigenvalue weighted by Crippen LogP contribution is 2.38. The van der Waals surface area contributed by atoms with Crippen molar-refractivity contribution in [1.29, 1.82) is 5.26 Å². The minimum Gasteiger partial charge on any atom is -0.507 e. The number of hydrogen-bond donors (Lipinski definition) is 2. The van der Waals surface area contributed by atoms with Crippen LogP contribution in [-0.4, -0.2) is 45.9 Å². The first-order chi connectivity index (χ1) is 13.2. The second-order valence-corrected chi connectivity index (χ2v) is 7.59. The van der Waals surface area contributed by atoms with E-state index in [0.717, 1.165) is 73.4 Å². The predicted octanol–water partition coefficient (Wildman–Crippen LogP) is 3.05. The van der Waals surface area contributed by atoms with E-state index >= 15 is 0 Å². The van der Waals surface area contributed by atoms with Crippen LogP contribution < -0.4 is 5.32 Å². The maximum atomic E-state index is 10.7. The molecule has 0 saturated carbocycles. The molecule has 1 aliphatic carbocycles. The first kappa shape index (κ1) is 17.7. The van der Waals surface area contributed by atoms with Gasteiger partial charge in [0.25, 0.3) is 0 Å². The smallest absolute Gasteiger partial charge is 0.149 e.